The van der Waals surface area contributed by atoms with Crippen LogP contribution >= 0.6 is 0 Å². The highest BCUT2D eigenvalue weighted by Gasteiger charge is 2.21. The Morgan fingerprint density at radius 3 is 2.59 bits per heavy atom. The van der Waals surface area contributed by atoms with E-state index in [1.165, 1.54) is 45.6 Å². The Hall–Kier alpha value is -0.160. The SMILES string of the molecule is CC1CCC(CNCCN2CCN(C)CC2)O1. The van der Waals surface area contributed by atoms with Gasteiger partial charge in [0.25, 0.3) is 0 Å². The maximum absolute atomic E-state index is 5.78. The zero-order valence-corrected chi connectivity index (χ0v) is 11.3. The van der Waals surface area contributed by atoms with Gasteiger partial charge in [-0.1, -0.05) is 0 Å². The Morgan fingerprint density at radius 1 is 1.18 bits per heavy atom. The molecule has 4 heteroatoms. The van der Waals surface area contributed by atoms with Crippen molar-refractivity contribution < 1.29 is 4.74 Å². The van der Waals surface area contributed by atoms with E-state index in [4.69, 9.17) is 4.74 Å². The smallest absolute Gasteiger partial charge is 0.0704 e. The molecular weight excluding hydrogens is 214 g/mol. The molecule has 100 valence electrons. The molecule has 2 fully saturated rings. The van der Waals surface area contributed by atoms with Gasteiger partial charge in [0.2, 0.25) is 0 Å². The molecule has 0 aromatic rings. The van der Waals surface area contributed by atoms with Gasteiger partial charge in [-0.15, -0.1) is 0 Å². The topological polar surface area (TPSA) is 27.7 Å². The molecule has 2 saturated heterocycles. The predicted molar refractivity (Wildman–Crippen MR) is 70.4 cm³/mol. The second-order valence-electron chi connectivity index (χ2n) is 5.50. The number of nitrogens with one attached hydrogen (secondary N) is 1. The van der Waals surface area contributed by atoms with Crippen LogP contribution in [-0.2, 0) is 4.74 Å². The van der Waals surface area contributed by atoms with Crippen LogP contribution < -0.4 is 5.32 Å². The average Bonchev–Trinajstić information content (AvgIpc) is 2.73. The van der Waals surface area contributed by atoms with Crippen LogP contribution in [0.2, 0.25) is 0 Å². The first-order valence-electron chi connectivity index (χ1n) is 7.01. The second kappa shape index (κ2) is 6.69. The fourth-order valence-corrected chi connectivity index (χ4v) is 2.61. The van der Waals surface area contributed by atoms with Crippen molar-refractivity contribution in [3.8, 4) is 0 Å². The minimum absolute atomic E-state index is 0.456. The third-order valence-corrected chi connectivity index (χ3v) is 3.89. The fraction of sp³-hybridized carbons (Fsp3) is 1.00. The summed E-state index contributed by atoms with van der Waals surface area (Å²) < 4.78 is 5.78. The molecule has 2 unspecified atom stereocenters. The van der Waals surface area contributed by atoms with Gasteiger partial charge < -0.3 is 15.0 Å². The maximum atomic E-state index is 5.78. The molecule has 2 atom stereocenters. The van der Waals surface area contributed by atoms with Crippen LogP contribution in [0, 0.1) is 0 Å². The van der Waals surface area contributed by atoms with Crippen molar-refractivity contribution in [3.63, 3.8) is 0 Å². The van der Waals surface area contributed by atoms with Crippen LogP contribution in [-0.4, -0.2) is 74.9 Å². The van der Waals surface area contributed by atoms with Crippen LogP contribution in [0.3, 0.4) is 0 Å². The van der Waals surface area contributed by atoms with E-state index in [1.54, 1.807) is 0 Å². The van der Waals surface area contributed by atoms with E-state index in [2.05, 4.69) is 29.1 Å². The number of hydrogen-bond acceptors (Lipinski definition) is 4. The molecule has 0 saturated carbocycles. The summed E-state index contributed by atoms with van der Waals surface area (Å²) in [7, 11) is 2.20. The highest BCUT2D eigenvalue weighted by atomic mass is 16.5. The number of piperazine rings is 1. The standard InChI is InChI=1S/C13H27N3O/c1-12-3-4-13(17-12)11-14-5-6-16-9-7-15(2)8-10-16/h12-14H,3-11H2,1-2H3. The second-order valence-corrected chi connectivity index (χ2v) is 5.50. The summed E-state index contributed by atoms with van der Waals surface area (Å²) in [4.78, 5) is 4.95. The van der Waals surface area contributed by atoms with Crippen molar-refractivity contribution in [1.29, 1.82) is 0 Å². The van der Waals surface area contributed by atoms with Crippen LogP contribution in [0.1, 0.15) is 19.8 Å². The molecule has 0 amide bonds. The minimum Gasteiger partial charge on any atom is -0.374 e. The lowest BCUT2D eigenvalue weighted by molar-refractivity contribution is 0.0554. The van der Waals surface area contributed by atoms with E-state index < -0.39 is 0 Å². The minimum atomic E-state index is 0.456. The van der Waals surface area contributed by atoms with E-state index in [0.717, 1.165) is 13.1 Å². The van der Waals surface area contributed by atoms with Gasteiger partial charge >= 0.3 is 0 Å². The first kappa shape index (κ1) is 13.3. The third kappa shape index (κ3) is 4.54. The van der Waals surface area contributed by atoms with Gasteiger partial charge in [-0.3, -0.25) is 4.90 Å². The maximum Gasteiger partial charge on any atom is 0.0704 e. The van der Waals surface area contributed by atoms with Crippen molar-refractivity contribution in [2.24, 2.45) is 0 Å². The molecule has 0 aliphatic carbocycles. The quantitative estimate of drug-likeness (QED) is 0.705. The number of likely N-dealkylation sites (N-methyl/N-ethyl adjacent to an activating group) is 1. The molecule has 2 heterocycles. The van der Waals surface area contributed by atoms with Crippen molar-refractivity contribution in [2.45, 2.75) is 32.0 Å². The molecule has 0 radical (unpaired) electrons. The summed E-state index contributed by atoms with van der Waals surface area (Å²) >= 11 is 0. The molecule has 2 aliphatic heterocycles. The van der Waals surface area contributed by atoms with Gasteiger partial charge in [0, 0.05) is 45.8 Å². The van der Waals surface area contributed by atoms with Gasteiger partial charge in [-0.25, -0.2) is 0 Å². The summed E-state index contributed by atoms with van der Waals surface area (Å²) in [6.45, 7) is 10.3. The molecule has 17 heavy (non-hydrogen) atoms. The highest BCUT2D eigenvalue weighted by molar-refractivity contribution is 4.74. The van der Waals surface area contributed by atoms with E-state index >= 15 is 0 Å². The Kier molecular flexibility index (Phi) is 5.22. The van der Waals surface area contributed by atoms with Crippen LogP contribution in [0.4, 0.5) is 0 Å². The predicted octanol–water partition coefficient (Wildman–Crippen LogP) is 0.391. The lowest BCUT2D eigenvalue weighted by Gasteiger charge is -2.32. The van der Waals surface area contributed by atoms with E-state index in [1.807, 2.05) is 0 Å². The van der Waals surface area contributed by atoms with Gasteiger partial charge in [0.15, 0.2) is 0 Å². The third-order valence-electron chi connectivity index (χ3n) is 3.89. The first-order chi connectivity index (χ1) is 8.24. The van der Waals surface area contributed by atoms with E-state index in [-0.39, 0.29) is 0 Å². The molecule has 1 N–H and O–H groups in total. The molecular formula is C13H27N3O. The fourth-order valence-electron chi connectivity index (χ4n) is 2.61. The van der Waals surface area contributed by atoms with E-state index in [0.29, 0.717) is 12.2 Å². The molecule has 4 nitrogen and oxygen atoms in total. The zero-order chi connectivity index (χ0) is 12.1. The van der Waals surface area contributed by atoms with Gasteiger partial charge in [0.05, 0.1) is 12.2 Å². The lowest BCUT2D eigenvalue weighted by atomic mass is 10.2. The number of ether oxygens (including phenoxy) is 1. The van der Waals surface area contributed by atoms with Crippen molar-refractivity contribution in [1.82, 2.24) is 15.1 Å². The van der Waals surface area contributed by atoms with Gasteiger partial charge in [-0.05, 0) is 26.8 Å². The van der Waals surface area contributed by atoms with Crippen molar-refractivity contribution >= 4 is 0 Å². The molecule has 2 aliphatic rings. The van der Waals surface area contributed by atoms with Crippen molar-refractivity contribution in [3.05, 3.63) is 0 Å². The van der Waals surface area contributed by atoms with Gasteiger partial charge in [-0.2, -0.15) is 0 Å². The molecule has 2 rings (SSSR count). The number of rotatable bonds is 5. The zero-order valence-electron chi connectivity index (χ0n) is 11.3. The Balaban J connectivity index is 1.49. The summed E-state index contributed by atoms with van der Waals surface area (Å²) in [6.07, 6.45) is 3.38. The lowest BCUT2D eigenvalue weighted by Crippen LogP contribution is -2.46. The molecule has 0 bridgehead atoms. The number of nitrogens with zero attached hydrogens (tertiary/aromatic N) is 2. The Morgan fingerprint density at radius 2 is 1.94 bits per heavy atom. The molecule has 0 aromatic carbocycles. The normalized spacial score (nSPS) is 32.1. The Labute approximate surface area is 105 Å². The average molecular weight is 241 g/mol. The van der Waals surface area contributed by atoms with Crippen LogP contribution in [0.15, 0.2) is 0 Å². The summed E-state index contributed by atoms with van der Waals surface area (Å²) in [5.41, 5.74) is 0. The van der Waals surface area contributed by atoms with Crippen LogP contribution in [0.25, 0.3) is 0 Å². The first-order valence-corrected chi connectivity index (χ1v) is 7.01. The monoisotopic (exact) mass is 241 g/mol. The molecule has 0 aromatic heterocycles. The highest BCUT2D eigenvalue weighted by Crippen LogP contribution is 2.17. The summed E-state index contributed by atoms with van der Waals surface area (Å²) in [5.74, 6) is 0. The largest absolute Gasteiger partial charge is 0.374 e. The van der Waals surface area contributed by atoms with Crippen LogP contribution in [0.5, 0.6) is 0 Å². The summed E-state index contributed by atoms with van der Waals surface area (Å²) in [6, 6.07) is 0. The Bertz CT molecular complexity index is 217. The van der Waals surface area contributed by atoms with E-state index in [9.17, 15) is 0 Å². The summed E-state index contributed by atoms with van der Waals surface area (Å²) in [5, 5.41) is 3.53. The molecule has 0 spiro atoms. The number of hydrogen-bond donors (Lipinski definition) is 1. The van der Waals surface area contributed by atoms with Crippen molar-refractivity contribution in [2.75, 3.05) is 52.9 Å². The van der Waals surface area contributed by atoms with Gasteiger partial charge in [0.1, 0.15) is 0 Å².